The van der Waals surface area contributed by atoms with Crippen LogP contribution in [0.4, 0.5) is 5.95 Å². The molecule has 0 aromatic carbocycles. The lowest BCUT2D eigenvalue weighted by Crippen LogP contribution is -2.42. The van der Waals surface area contributed by atoms with Gasteiger partial charge in [0.25, 0.3) is 0 Å². The zero-order valence-corrected chi connectivity index (χ0v) is 11.4. The van der Waals surface area contributed by atoms with Crippen molar-refractivity contribution in [1.82, 2.24) is 20.2 Å². The molecule has 1 aromatic heterocycles. The van der Waals surface area contributed by atoms with E-state index < -0.39 is 5.60 Å². The largest absolute Gasteiger partial charge is 0.388 e. The predicted molar refractivity (Wildman–Crippen MR) is 69.8 cm³/mol. The number of aromatic nitrogens is 4. The highest BCUT2D eigenvalue weighted by atomic mass is 16.3. The summed E-state index contributed by atoms with van der Waals surface area (Å²) in [5.74, 6) is 1.35. The van der Waals surface area contributed by atoms with Crippen LogP contribution in [0.1, 0.15) is 45.4 Å². The number of β-amino-alcohol motifs (C(OH)–C–C–N with tert-alkyl or cyclic N) is 1. The minimum Gasteiger partial charge on any atom is -0.388 e. The average Bonchev–Trinajstić information content (AvgIpc) is 2.98. The van der Waals surface area contributed by atoms with Crippen LogP contribution in [0.5, 0.6) is 0 Å². The van der Waals surface area contributed by atoms with E-state index in [1.807, 2.05) is 4.68 Å². The normalized spacial score (nSPS) is 33.5. The van der Waals surface area contributed by atoms with Gasteiger partial charge in [-0.3, -0.25) is 0 Å². The fourth-order valence-electron chi connectivity index (χ4n) is 3.57. The van der Waals surface area contributed by atoms with E-state index in [4.69, 9.17) is 0 Å². The van der Waals surface area contributed by atoms with Crippen LogP contribution in [0, 0.1) is 5.92 Å². The Morgan fingerprint density at radius 1 is 1.26 bits per heavy atom. The summed E-state index contributed by atoms with van der Waals surface area (Å²) in [5, 5.41) is 22.9. The fraction of sp³-hybridized carbons (Fsp3) is 0.923. The average molecular weight is 263 g/mol. The maximum atomic E-state index is 10.6. The summed E-state index contributed by atoms with van der Waals surface area (Å²) >= 11 is 0. The first-order chi connectivity index (χ1) is 9.11. The Hall–Kier alpha value is -1.17. The lowest BCUT2D eigenvalue weighted by Gasteiger charge is -2.39. The van der Waals surface area contributed by atoms with Gasteiger partial charge in [0, 0.05) is 13.1 Å². The minimum atomic E-state index is -0.503. The van der Waals surface area contributed by atoms with E-state index in [-0.39, 0.29) is 5.54 Å². The molecule has 1 saturated heterocycles. The van der Waals surface area contributed by atoms with E-state index >= 15 is 0 Å². The summed E-state index contributed by atoms with van der Waals surface area (Å²) in [4.78, 5) is 2.17. The van der Waals surface area contributed by atoms with Crippen molar-refractivity contribution in [2.75, 3.05) is 18.0 Å². The molecule has 104 valence electrons. The van der Waals surface area contributed by atoms with Gasteiger partial charge in [-0.15, -0.1) is 0 Å². The molecule has 2 heterocycles. The molecule has 3 aliphatic rings. The standard InChI is InChI=1S/C13H21N5O/c1-12(5-2-6-12)18-11(14-15-16-18)17-8-7-13(19,9-17)10-3-4-10/h10,19H,2-9H2,1H3. The fourth-order valence-corrected chi connectivity index (χ4v) is 3.57. The van der Waals surface area contributed by atoms with Gasteiger partial charge in [0.1, 0.15) is 0 Å². The smallest absolute Gasteiger partial charge is 0.246 e. The van der Waals surface area contributed by atoms with Crippen molar-refractivity contribution in [2.24, 2.45) is 5.92 Å². The Balaban J connectivity index is 1.59. The van der Waals surface area contributed by atoms with Gasteiger partial charge >= 0.3 is 0 Å². The van der Waals surface area contributed by atoms with Gasteiger partial charge in [-0.05, 0) is 61.8 Å². The molecule has 2 saturated carbocycles. The van der Waals surface area contributed by atoms with Gasteiger partial charge in [-0.25, -0.2) is 4.68 Å². The lowest BCUT2D eigenvalue weighted by atomic mass is 9.79. The quantitative estimate of drug-likeness (QED) is 0.878. The van der Waals surface area contributed by atoms with Crippen molar-refractivity contribution in [3.8, 4) is 0 Å². The summed E-state index contributed by atoms with van der Waals surface area (Å²) < 4.78 is 1.98. The SMILES string of the molecule is CC1(n2nnnc2N2CCC(O)(C3CC3)C2)CCC1. The van der Waals surface area contributed by atoms with E-state index in [0.29, 0.717) is 12.5 Å². The highest BCUT2D eigenvalue weighted by Gasteiger charge is 2.49. The van der Waals surface area contributed by atoms with Crippen molar-refractivity contribution in [1.29, 1.82) is 0 Å². The van der Waals surface area contributed by atoms with Crippen LogP contribution in [-0.4, -0.2) is 44.0 Å². The predicted octanol–water partition coefficient (Wildman–Crippen LogP) is 0.923. The van der Waals surface area contributed by atoms with Gasteiger partial charge in [0.2, 0.25) is 5.95 Å². The van der Waals surface area contributed by atoms with Gasteiger partial charge < -0.3 is 10.0 Å². The second-order valence-corrected chi connectivity index (χ2v) is 6.79. The van der Waals surface area contributed by atoms with Crippen molar-refractivity contribution in [2.45, 2.75) is 56.6 Å². The topological polar surface area (TPSA) is 67.1 Å². The van der Waals surface area contributed by atoms with Gasteiger partial charge in [-0.2, -0.15) is 0 Å². The molecule has 3 fully saturated rings. The molecule has 0 spiro atoms. The number of rotatable bonds is 3. The molecule has 1 N–H and O–H groups in total. The molecule has 4 rings (SSSR count). The molecule has 1 unspecified atom stereocenters. The van der Waals surface area contributed by atoms with Crippen LogP contribution < -0.4 is 4.90 Å². The van der Waals surface area contributed by atoms with Crippen molar-refractivity contribution in [3.05, 3.63) is 0 Å². The number of nitrogens with zero attached hydrogens (tertiary/aromatic N) is 5. The highest BCUT2D eigenvalue weighted by Crippen LogP contribution is 2.46. The molecule has 0 amide bonds. The second kappa shape index (κ2) is 3.69. The highest BCUT2D eigenvalue weighted by molar-refractivity contribution is 5.34. The van der Waals surface area contributed by atoms with Gasteiger partial charge in [-0.1, -0.05) is 5.10 Å². The zero-order chi connectivity index (χ0) is 13.1. The monoisotopic (exact) mass is 263 g/mol. The molecule has 1 aliphatic heterocycles. The molecule has 1 aromatic rings. The maximum absolute atomic E-state index is 10.6. The van der Waals surface area contributed by atoms with E-state index in [9.17, 15) is 5.11 Å². The Morgan fingerprint density at radius 3 is 2.68 bits per heavy atom. The van der Waals surface area contributed by atoms with E-state index in [1.165, 1.54) is 19.3 Å². The Labute approximate surface area is 112 Å². The number of hydrogen-bond acceptors (Lipinski definition) is 5. The van der Waals surface area contributed by atoms with Crippen LogP contribution in [0.25, 0.3) is 0 Å². The molecule has 6 nitrogen and oxygen atoms in total. The molecule has 19 heavy (non-hydrogen) atoms. The third-order valence-electron chi connectivity index (χ3n) is 5.29. The summed E-state index contributed by atoms with van der Waals surface area (Å²) in [6, 6.07) is 0. The number of hydrogen-bond donors (Lipinski definition) is 1. The maximum Gasteiger partial charge on any atom is 0.246 e. The van der Waals surface area contributed by atoms with Crippen molar-refractivity contribution < 1.29 is 5.11 Å². The van der Waals surface area contributed by atoms with Crippen LogP contribution >= 0.6 is 0 Å². The lowest BCUT2D eigenvalue weighted by molar-refractivity contribution is 0.0398. The van der Waals surface area contributed by atoms with Crippen LogP contribution in [-0.2, 0) is 5.54 Å². The third kappa shape index (κ3) is 1.69. The molecular weight excluding hydrogens is 242 g/mol. The second-order valence-electron chi connectivity index (χ2n) is 6.79. The summed E-state index contributed by atoms with van der Waals surface area (Å²) in [7, 11) is 0. The van der Waals surface area contributed by atoms with Crippen LogP contribution in [0.15, 0.2) is 0 Å². The Kier molecular flexibility index (Phi) is 2.26. The third-order valence-corrected chi connectivity index (χ3v) is 5.29. The first-order valence-electron chi connectivity index (χ1n) is 7.37. The van der Waals surface area contributed by atoms with Crippen molar-refractivity contribution >= 4 is 5.95 Å². The minimum absolute atomic E-state index is 0.0825. The molecule has 2 aliphatic carbocycles. The molecule has 6 heteroatoms. The first-order valence-corrected chi connectivity index (χ1v) is 7.37. The zero-order valence-electron chi connectivity index (χ0n) is 11.4. The number of tetrazole rings is 1. The Bertz CT molecular complexity index is 493. The van der Waals surface area contributed by atoms with Gasteiger partial charge in [0.15, 0.2) is 0 Å². The number of anilines is 1. The summed E-state index contributed by atoms with van der Waals surface area (Å²) in [6.07, 6.45) is 6.74. The Morgan fingerprint density at radius 2 is 2.05 bits per heavy atom. The first kappa shape index (κ1) is 11.6. The van der Waals surface area contributed by atoms with E-state index in [0.717, 1.165) is 31.8 Å². The van der Waals surface area contributed by atoms with Crippen LogP contribution in [0.3, 0.4) is 0 Å². The van der Waals surface area contributed by atoms with Gasteiger partial charge in [0.05, 0.1) is 11.1 Å². The summed E-state index contributed by atoms with van der Waals surface area (Å²) in [5.41, 5.74) is -0.420. The van der Waals surface area contributed by atoms with Crippen molar-refractivity contribution in [3.63, 3.8) is 0 Å². The van der Waals surface area contributed by atoms with E-state index in [1.54, 1.807) is 0 Å². The molecule has 0 radical (unpaired) electrons. The number of aliphatic hydroxyl groups is 1. The summed E-state index contributed by atoms with van der Waals surface area (Å²) in [6.45, 7) is 3.77. The van der Waals surface area contributed by atoms with Crippen LogP contribution in [0.2, 0.25) is 0 Å². The molecule has 1 atom stereocenters. The molecule has 0 bridgehead atoms. The molecular formula is C13H21N5O. The van der Waals surface area contributed by atoms with E-state index in [2.05, 4.69) is 27.3 Å².